The fourth-order valence-corrected chi connectivity index (χ4v) is 2.71. The first kappa shape index (κ1) is 16.1. The summed E-state index contributed by atoms with van der Waals surface area (Å²) < 4.78 is 39.2. The molecule has 0 N–H and O–H groups in total. The summed E-state index contributed by atoms with van der Waals surface area (Å²) >= 11 is 0. The van der Waals surface area contributed by atoms with Crippen LogP contribution in [0.1, 0.15) is 11.1 Å². The Labute approximate surface area is 137 Å². The summed E-state index contributed by atoms with van der Waals surface area (Å²) in [5.41, 5.74) is -0.775. The molecule has 1 aliphatic rings. The predicted molar refractivity (Wildman–Crippen MR) is 82.6 cm³/mol. The number of alkyl halides is 3. The molecule has 0 radical (unpaired) electrons. The van der Waals surface area contributed by atoms with E-state index in [-0.39, 0.29) is 5.56 Å². The lowest BCUT2D eigenvalue weighted by molar-refractivity contribution is -0.137. The molecule has 5 nitrogen and oxygen atoms in total. The van der Waals surface area contributed by atoms with Gasteiger partial charge in [0.25, 0.3) is 0 Å². The molecule has 1 aromatic heterocycles. The van der Waals surface area contributed by atoms with Gasteiger partial charge in [0.05, 0.1) is 23.4 Å². The third kappa shape index (κ3) is 3.25. The van der Waals surface area contributed by atoms with E-state index >= 15 is 0 Å². The average molecular weight is 333 g/mol. The standard InChI is InChI=1S/C16H14F3N5/c17-16(18,19)14-9-13(2-1-12(14)10-20)23-5-7-24(8-6-23)15-11-21-3-4-22-15/h1-4,9,11H,5-8H2. The Morgan fingerprint density at radius 1 is 1.04 bits per heavy atom. The van der Waals surface area contributed by atoms with Crippen LogP contribution in [0.25, 0.3) is 0 Å². The van der Waals surface area contributed by atoms with Crippen LogP contribution in [0.4, 0.5) is 24.7 Å². The van der Waals surface area contributed by atoms with Crippen molar-refractivity contribution in [1.29, 1.82) is 5.26 Å². The number of benzene rings is 1. The molecular weight excluding hydrogens is 319 g/mol. The minimum absolute atomic E-state index is 0.357. The molecule has 3 rings (SSSR count). The van der Waals surface area contributed by atoms with Gasteiger partial charge in [0.2, 0.25) is 0 Å². The lowest BCUT2D eigenvalue weighted by Gasteiger charge is -2.36. The number of nitriles is 1. The van der Waals surface area contributed by atoms with E-state index in [0.717, 1.165) is 11.9 Å². The van der Waals surface area contributed by atoms with Crippen molar-refractivity contribution in [2.45, 2.75) is 6.18 Å². The molecule has 0 amide bonds. The van der Waals surface area contributed by atoms with Gasteiger partial charge in [0, 0.05) is 44.3 Å². The largest absolute Gasteiger partial charge is 0.417 e. The topological polar surface area (TPSA) is 56.1 Å². The SMILES string of the molecule is N#Cc1ccc(N2CCN(c3cnccn3)CC2)cc1C(F)(F)F. The summed E-state index contributed by atoms with van der Waals surface area (Å²) in [5.74, 6) is 0.757. The summed E-state index contributed by atoms with van der Waals surface area (Å²) in [6, 6.07) is 5.44. The van der Waals surface area contributed by atoms with E-state index in [4.69, 9.17) is 5.26 Å². The molecule has 24 heavy (non-hydrogen) atoms. The fraction of sp³-hybridized carbons (Fsp3) is 0.312. The number of hydrogen-bond donors (Lipinski definition) is 0. The third-order valence-corrected chi connectivity index (χ3v) is 3.95. The molecule has 8 heteroatoms. The second-order valence-electron chi connectivity index (χ2n) is 5.38. The minimum atomic E-state index is -4.54. The van der Waals surface area contributed by atoms with Gasteiger partial charge in [-0.15, -0.1) is 0 Å². The van der Waals surface area contributed by atoms with Crippen LogP contribution in [0.3, 0.4) is 0 Å². The van der Waals surface area contributed by atoms with Crippen LogP contribution >= 0.6 is 0 Å². The Kier molecular flexibility index (Phi) is 4.25. The van der Waals surface area contributed by atoms with Crippen LogP contribution in [-0.2, 0) is 6.18 Å². The van der Waals surface area contributed by atoms with Crippen molar-refractivity contribution >= 4 is 11.5 Å². The van der Waals surface area contributed by atoms with Crippen molar-refractivity contribution in [3.8, 4) is 6.07 Å². The average Bonchev–Trinajstić information content (AvgIpc) is 2.61. The lowest BCUT2D eigenvalue weighted by atomic mass is 10.1. The van der Waals surface area contributed by atoms with E-state index < -0.39 is 11.7 Å². The lowest BCUT2D eigenvalue weighted by Crippen LogP contribution is -2.46. The maximum Gasteiger partial charge on any atom is 0.417 e. The predicted octanol–water partition coefficient (Wildman–Crippen LogP) is 2.69. The van der Waals surface area contributed by atoms with Crippen molar-refractivity contribution in [3.05, 3.63) is 47.9 Å². The van der Waals surface area contributed by atoms with Crippen LogP contribution < -0.4 is 9.80 Å². The van der Waals surface area contributed by atoms with E-state index in [9.17, 15) is 13.2 Å². The smallest absolute Gasteiger partial charge is 0.368 e. The Hall–Kier alpha value is -2.82. The van der Waals surface area contributed by atoms with Gasteiger partial charge in [0.1, 0.15) is 5.82 Å². The van der Waals surface area contributed by atoms with E-state index in [0.29, 0.717) is 31.9 Å². The summed E-state index contributed by atoms with van der Waals surface area (Å²) in [4.78, 5) is 12.2. The van der Waals surface area contributed by atoms with Gasteiger partial charge in [-0.1, -0.05) is 0 Å². The molecule has 1 fully saturated rings. The molecular formula is C16H14F3N5. The van der Waals surface area contributed by atoms with Crippen molar-refractivity contribution in [1.82, 2.24) is 9.97 Å². The molecule has 0 aliphatic carbocycles. The molecule has 2 aromatic rings. The highest BCUT2D eigenvalue weighted by Gasteiger charge is 2.34. The molecule has 0 saturated carbocycles. The van der Waals surface area contributed by atoms with E-state index in [2.05, 4.69) is 9.97 Å². The zero-order valence-electron chi connectivity index (χ0n) is 12.7. The van der Waals surface area contributed by atoms with Crippen molar-refractivity contribution in [2.75, 3.05) is 36.0 Å². The normalized spacial score (nSPS) is 15.2. The van der Waals surface area contributed by atoms with Gasteiger partial charge < -0.3 is 9.80 Å². The van der Waals surface area contributed by atoms with Crippen LogP contribution in [0, 0.1) is 11.3 Å². The second-order valence-corrected chi connectivity index (χ2v) is 5.38. The summed E-state index contributed by atoms with van der Waals surface area (Å²) in [5, 5.41) is 8.86. The maximum atomic E-state index is 13.1. The number of aromatic nitrogens is 2. The van der Waals surface area contributed by atoms with Gasteiger partial charge >= 0.3 is 6.18 Å². The fourth-order valence-electron chi connectivity index (χ4n) is 2.71. The molecule has 124 valence electrons. The number of rotatable bonds is 2. The van der Waals surface area contributed by atoms with Crippen LogP contribution in [0.2, 0.25) is 0 Å². The number of nitrogens with zero attached hydrogens (tertiary/aromatic N) is 5. The Morgan fingerprint density at radius 2 is 1.75 bits per heavy atom. The highest BCUT2D eigenvalue weighted by molar-refractivity contribution is 5.56. The van der Waals surface area contributed by atoms with Crippen LogP contribution in [-0.4, -0.2) is 36.1 Å². The molecule has 0 atom stereocenters. The monoisotopic (exact) mass is 333 g/mol. The van der Waals surface area contributed by atoms with E-state index in [1.807, 2.05) is 9.80 Å². The molecule has 0 unspecified atom stereocenters. The highest BCUT2D eigenvalue weighted by atomic mass is 19.4. The highest BCUT2D eigenvalue weighted by Crippen LogP contribution is 2.34. The first-order chi connectivity index (χ1) is 11.5. The third-order valence-electron chi connectivity index (χ3n) is 3.95. The summed E-state index contributed by atoms with van der Waals surface area (Å²) in [6.07, 6.45) is 0.328. The second kappa shape index (κ2) is 6.35. The molecule has 1 aromatic carbocycles. The van der Waals surface area contributed by atoms with Gasteiger partial charge in [-0.05, 0) is 18.2 Å². The Balaban J connectivity index is 1.76. The molecule has 0 bridgehead atoms. The van der Waals surface area contributed by atoms with Gasteiger partial charge in [-0.25, -0.2) is 4.98 Å². The zero-order valence-corrected chi connectivity index (χ0v) is 12.7. The van der Waals surface area contributed by atoms with Crippen molar-refractivity contribution < 1.29 is 13.2 Å². The quantitative estimate of drug-likeness (QED) is 0.846. The molecule has 1 aliphatic heterocycles. The van der Waals surface area contributed by atoms with E-state index in [1.165, 1.54) is 6.07 Å². The molecule has 2 heterocycles. The van der Waals surface area contributed by atoms with E-state index in [1.54, 1.807) is 30.7 Å². The first-order valence-corrected chi connectivity index (χ1v) is 7.36. The Morgan fingerprint density at radius 3 is 2.33 bits per heavy atom. The maximum absolute atomic E-state index is 13.1. The van der Waals surface area contributed by atoms with Crippen LogP contribution in [0.5, 0.6) is 0 Å². The van der Waals surface area contributed by atoms with Crippen LogP contribution in [0.15, 0.2) is 36.8 Å². The summed E-state index contributed by atoms with van der Waals surface area (Å²) in [6.45, 7) is 2.42. The Bertz CT molecular complexity index is 747. The minimum Gasteiger partial charge on any atom is -0.368 e. The molecule has 1 saturated heterocycles. The number of halogens is 3. The number of anilines is 2. The first-order valence-electron chi connectivity index (χ1n) is 7.36. The zero-order chi connectivity index (χ0) is 17.2. The van der Waals surface area contributed by atoms with Gasteiger partial charge in [-0.3, -0.25) is 4.98 Å². The van der Waals surface area contributed by atoms with Gasteiger partial charge in [0.15, 0.2) is 0 Å². The van der Waals surface area contributed by atoms with Gasteiger partial charge in [-0.2, -0.15) is 18.4 Å². The number of hydrogen-bond acceptors (Lipinski definition) is 5. The molecule has 0 spiro atoms. The summed E-state index contributed by atoms with van der Waals surface area (Å²) in [7, 11) is 0. The number of piperazine rings is 1. The van der Waals surface area contributed by atoms with Crippen molar-refractivity contribution in [2.24, 2.45) is 0 Å². The van der Waals surface area contributed by atoms with Crippen molar-refractivity contribution in [3.63, 3.8) is 0 Å².